The van der Waals surface area contributed by atoms with Crippen LogP contribution in [0.2, 0.25) is 30.7 Å². The fourth-order valence-corrected chi connectivity index (χ4v) is 6.00. The number of aromatic nitrogens is 6. The van der Waals surface area contributed by atoms with Gasteiger partial charge in [0.2, 0.25) is 0 Å². The summed E-state index contributed by atoms with van der Waals surface area (Å²) in [5, 5.41) is 15.9. The molecule has 5 heterocycles. The largest absolute Gasteiger partial charge is 0.361 e. The Labute approximate surface area is 226 Å². The van der Waals surface area contributed by atoms with Gasteiger partial charge in [0.15, 0.2) is 5.82 Å². The summed E-state index contributed by atoms with van der Waals surface area (Å²) in [6.07, 6.45) is 8.11. The lowest BCUT2D eigenvalue weighted by atomic mass is 10.0. The quantitative estimate of drug-likeness (QED) is 0.224. The highest BCUT2D eigenvalue weighted by molar-refractivity contribution is 6.76. The second kappa shape index (κ2) is 9.52. The van der Waals surface area contributed by atoms with Crippen LogP contribution in [-0.4, -0.2) is 49.9 Å². The molecule has 12 heteroatoms. The average Bonchev–Trinajstić information content (AvgIpc) is 3.49. The molecule has 1 aliphatic carbocycles. The van der Waals surface area contributed by atoms with E-state index in [4.69, 9.17) is 21.4 Å². The molecule has 2 aliphatic rings. The highest BCUT2D eigenvalue weighted by atomic mass is 35.5. The summed E-state index contributed by atoms with van der Waals surface area (Å²) in [5.74, 6) is 1.87. The van der Waals surface area contributed by atoms with Crippen LogP contribution in [0.5, 0.6) is 0 Å². The Balaban J connectivity index is 1.36. The number of hydrogen-bond donors (Lipinski definition) is 0. The lowest BCUT2D eigenvalue weighted by Crippen LogP contribution is -2.45. The summed E-state index contributed by atoms with van der Waals surface area (Å²) >= 11 is 6.33. The Morgan fingerprint density at radius 3 is 2.74 bits per heavy atom. The van der Waals surface area contributed by atoms with Crippen molar-refractivity contribution in [3.63, 3.8) is 0 Å². The predicted octanol–water partition coefficient (Wildman–Crippen LogP) is 4.44. The van der Waals surface area contributed by atoms with Gasteiger partial charge in [0.25, 0.3) is 5.56 Å². The van der Waals surface area contributed by atoms with E-state index in [9.17, 15) is 10.1 Å². The number of ether oxygens (including phenoxy) is 1. The van der Waals surface area contributed by atoms with Gasteiger partial charge >= 0.3 is 0 Å². The lowest BCUT2D eigenvalue weighted by Gasteiger charge is -2.42. The molecule has 1 aliphatic heterocycles. The standard InChI is InChI=1S/C26H31ClN8O2Si/c1-38(2,3)11-10-37-16-32-14-18(12-28)21-24(32)29-15-30-25(21)33-8-7-20(33)23-31-35-9-6-19(27)22(35)26(36)34(23)13-17-4-5-17/h6,9,14-15,17,20H,4-5,7-8,10-11,13,16H2,1-3H3/t20-/m0/s1. The van der Waals surface area contributed by atoms with E-state index in [1.165, 1.54) is 6.33 Å². The molecule has 0 bridgehead atoms. The van der Waals surface area contributed by atoms with Gasteiger partial charge in [-0.3, -0.25) is 9.36 Å². The number of hydrogen-bond acceptors (Lipinski definition) is 7. The van der Waals surface area contributed by atoms with Crippen molar-refractivity contribution in [3.8, 4) is 6.07 Å². The molecule has 4 aromatic heterocycles. The van der Waals surface area contributed by atoms with Crippen LogP contribution in [0.25, 0.3) is 16.6 Å². The molecule has 0 unspecified atom stereocenters. The number of anilines is 1. The molecule has 1 atom stereocenters. The second-order valence-electron chi connectivity index (χ2n) is 11.5. The van der Waals surface area contributed by atoms with Crippen molar-refractivity contribution in [2.45, 2.75) is 64.3 Å². The molecular formula is C26H31ClN8O2Si. The van der Waals surface area contributed by atoms with Crippen molar-refractivity contribution < 1.29 is 4.74 Å². The minimum atomic E-state index is -1.20. The van der Waals surface area contributed by atoms with Crippen molar-refractivity contribution >= 4 is 42.0 Å². The van der Waals surface area contributed by atoms with E-state index in [0.717, 1.165) is 31.9 Å². The second-order valence-corrected chi connectivity index (χ2v) is 17.6. The van der Waals surface area contributed by atoms with Crippen molar-refractivity contribution in [1.29, 1.82) is 5.26 Å². The maximum Gasteiger partial charge on any atom is 0.279 e. The molecule has 0 amide bonds. The van der Waals surface area contributed by atoms with E-state index in [1.54, 1.807) is 27.5 Å². The topological polar surface area (TPSA) is 106 Å². The predicted molar refractivity (Wildman–Crippen MR) is 148 cm³/mol. The van der Waals surface area contributed by atoms with Gasteiger partial charge in [0.05, 0.1) is 22.0 Å². The first-order valence-corrected chi connectivity index (χ1v) is 17.2. The van der Waals surface area contributed by atoms with Crippen LogP contribution in [0.4, 0.5) is 5.82 Å². The first kappa shape index (κ1) is 25.1. The van der Waals surface area contributed by atoms with Crippen LogP contribution in [0, 0.1) is 17.2 Å². The zero-order valence-electron chi connectivity index (χ0n) is 21.9. The van der Waals surface area contributed by atoms with E-state index < -0.39 is 8.07 Å². The molecule has 0 N–H and O–H groups in total. The molecule has 6 rings (SSSR count). The SMILES string of the molecule is C[Si](C)(C)CCOCn1cc(C#N)c2c(N3CC[C@H]3c3nn4ccc(Cl)c4c(=O)n3CC3CC3)ncnc21. The van der Waals surface area contributed by atoms with Crippen LogP contribution in [0.1, 0.15) is 36.7 Å². The van der Waals surface area contributed by atoms with Crippen molar-refractivity contribution in [3.05, 3.63) is 51.6 Å². The van der Waals surface area contributed by atoms with Gasteiger partial charge in [0.1, 0.15) is 36.1 Å². The molecular weight excluding hydrogens is 520 g/mol. The van der Waals surface area contributed by atoms with Gasteiger partial charge in [-0.1, -0.05) is 31.2 Å². The zero-order chi connectivity index (χ0) is 26.6. The number of rotatable bonds is 9. The third-order valence-electron chi connectivity index (χ3n) is 7.46. The molecule has 1 saturated carbocycles. The van der Waals surface area contributed by atoms with Crippen LogP contribution in [-0.2, 0) is 18.0 Å². The smallest absolute Gasteiger partial charge is 0.279 e. The Kier molecular flexibility index (Phi) is 6.29. The van der Waals surface area contributed by atoms with Gasteiger partial charge in [-0.15, -0.1) is 0 Å². The third kappa shape index (κ3) is 4.50. The molecule has 38 heavy (non-hydrogen) atoms. The molecule has 4 aromatic rings. The first-order chi connectivity index (χ1) is 18.2. The summed E-state index contributed by atoms with van der Waals surface area (Å²) in [6.45, 7) is 9.34. The Hall–Kier alpha value is -3.20. The molecule has 10 nitrogen and oxygen atoms in total. The van der Waals surface area contributed by atoms with Crippen molar-refractivity contribution in [1.82, 2.24) is 28.7 Å². The first-order valence-electron chi connectivity index (χ1n) is 13.1. The summed E-state index contributed by atoms with van der Waals surface area (Å²) in [7, 11) is -1.20. The zero-order valence-corrected chi connectivity index (χ0v) is 23.6. The minimum absolute atomic E-state index is 0.115. The van der Waals surface area contributed by atoms with Gasteiger partial charge in [-0.2, -0.15) is 10.4 Å². The lowest BCUT2D eigenvalue weighted by molar-refractivity contribution is 0.0898. The van der Waals surface area contributed by atoms with E-state index in [1.807, 2.05) is 4.57 Å². The summed E-state index contributed by atoms with van der Waals surface area (Å²) < 4.78 is 11.2. The number of halogens is 1. The normalized spacial score (nSPS) is 17.8. The van der Waals surface area contributed by atoms with E-state index in [-0.39, 0.29) is 11.6 Å². The Morgan fingerprint density at radius 2 is 2.05 bits per heavy atom. The fourth-order valence-electron chi connectivity index (χ4n) is 5.02. The number of fused-ring (bicyclic) bond motifs is 2. The Morgan fingerprint density at radius 1 is 1.24 bits per heavy atom. The molecule has 1 saturated heterocycles. The van der Waals surface area contributed by atoms with E-state index in [0.29, 0.717) is 64.6 Å². The maximum atomic E-state index is 13.5. The summed E-state index contributed by atoms with van der Waals surface area (Å²) in [5.41, 5.74) is 1.47. The van der Waals surface area contributed by atoms with Crippen LogP contribution >= 0.6 is 11.6 Å². The fraction of sp³-hybridized carbons (Fsp3) is 0.500. The summed E-state index contributed by atoms with van der Waals surface area (Å²) in [6, 6.07) is 4.95. The van der Waals surface area contributed by atoms with Gasteiger partial charge in [-0.25, -0.2) is 14.5 Å². The highest BCUT2D eigenvalue weighted by Crippen LogP contribution is 2.40. The highest BCUT2D eigenvalue weighted by Gasteiger charge is 2.38. The van der Waals surface area contributed by atoms with Crippen LogP contribution in [0.3, 0.4) is 0 Å². The van der Waals surface area contributed by atoms with Crippen LogP contribution < -0.4 is 10.5 Å². The van der Waals surface area contributed by atoms with Crippen LogP contribution in [0.15, 0.2) is 29.6 Å². The third-order valence-corrected chi connectivity index (χ3v) is 9.47. The Bertz CT molecular complexity index is 1620. The molecule has 2 fully saturated rings. The molecule has 198 valence electrons. The number of nitriles is 1. The van der Waals surface area contributed by atoms with Gasteiger partial charge in [-0.05, 0) is 37.3 Å². The van der Waals surface area contributed by atoms with Gasteiger partial charge < -0.3 is 14.2 Å². The minimum Gasteiger partial charge on any atom is -0.361 e. The van der Waals surface area contributed by atoms with Crippen molar-refractivity contribution in [2.75, 3.05) is 18.1 Å². The van der Waals surface area contributed by atoms with Gasteiger partial charge in [0, 0.05) is 40.2 Å². The van der Waals surface area contributed by atoms with E-state index >= 15 is 0 Å². The maximum absolute atomic E-state index is 13.5. The summed E-state index contributed by atoms with van der Waals surface area (Å²) in [4.78, 5) is 24.8. The molecule has 0 radical (unpaired) electrons. The number of nitrogens with zero attached hydrogens (tertiary/aromatic N) is 8. The monoisotopic (exact) mass is 550 g/mol. The molecule has 0 aromatic carbocycles. The average molecular weight is 551 g/mol. The van der Waals surface area contributed by atoms with E-state index in [2.05, 4.69) is 40.6 Å². The van der Waals surface area contributed by atoms with Crippen molar-refractivity contribution in [2.24, 2.45) is 5.92 Å². The molecule has 0 spiro atoms.